The van der Waals surface area contributed by atoms with Crippen LogP contribution in [0, 0.1) is 23.7 Å². The Kier molecular flexibility index (Phi) is 9.44. The van der Waals surface area contributed by atoms with Gasteiger partial charge in [-0.2, -0.15) is 0 Å². The summed E-state index contributed by atoms with van der Waals surface area (Å²) in [6, 6.07) is 96.7. The average Bonchev–Trinajstić information content (AvgIpc) is 3.65. The van der Waals surface area contributed by atoms with Gasteiger partial charge in [-0.05, 0) is 182 Å². The molecule has 4 bridgehead atoms. The second kappa shape index (κ2) is 16.9. The summed E-state index contributed by atoms with van der Waals surface area (Å²) in [5.41, 5.74) is 23.3. The van der Waals surface area contributed by atoms with Gasteiger partial charge in [-0.25, -0.2) is 0 Å². The maximum absolute atomic E-state index is 2.69. The van der Waals surface area contributed by atoms with Crippen molar-refractivity contribution < 1.29 is 0 Å². The van der Waals surface area contributed by atoms with Crippen molar-refractivity contribution >= 4 is 65.2 Å². The van der Waals surface area contributed by atoms with Crippen molar-refractivity contribution in [2.45, 2.75) is 37.5 Å². The van der Waals surface area contributed by atoms with E-state index in [0.29, 0.717) is 11.8 Å². The number of para-hydroxylation sites is 2. The number of hydrogen-bond acceptors (Lipinski definition) is 0. The van der Waals surface area contributed by atoms with Crippen LogP contribution in [-0.4, -0.2) is 9.13 Å². The third kappa shape index (κ3) is 6.25. The summed E-state index contributed by atoms with van der Waals surface area (Å²) >= 11 is 0. The van der Waals surface area contributed by atoms with Crippen molar-refractivity contribution in [2.75, 3.05) is 0 Å². The smallest absolute Gasteiger partial charge is 0.0619 e. The molecule has 0 amide bonds. The van der Waals surface area contributed by atoms with Gasteiger partial charge in [-0.1, -0.05) is 206 Å². The molecule has 378 valence electrons. The summed E-state index contributed by atoms with van der Waals surface area (Å²) < 4.78 is 5.09. The number of nitrogens with zero attached hydrogens (tertiary/aromatic N) is 2. The lowest BCUT2D eigenvalue weighted by Crippen LogP contribution is -2.55. The van der Waals surface area contributed by atoms with E-state index < -0.39 is 0 Å². The van der Waals surface area contributed by atoms with Gasteiger partial charge in [0.2, 0.25) is 0 Å². The SMILES string of the molecule is c1ccc(-c2cc(-c3ccccc3)cc(-n3c4ccccc4c4ccc(-c5ccc6c7ccccc7n(-c7c8ccccc8c(-c8ccc9c(c8)C8(c%10ccccc%10-9)C9CC%10CC(C9)CC8C%10)c8ccccc78)c6c5)cc43)c2)cc1. The molecule has 4 saturated carbocycles. The van der Waals surface area contributed by atoms with Crippen molar-refractivity contribution in [3.8, 4) is 67.0 Å². The molecule has 4 fully saturated rings. The molecule has 0 saturated heterocycles. The van der Waals surface area contributed by atoms with E-state index in [1.54, 1.807) is 11.1 Å². The molecule has 5 aliphatic rings. The molecule has 80 heavy (non-hydrogen) atoms. The first-order chi connectivity index (χ1) is 39.6. The van der Waals surface area contributed by atoms with Crippen LogP contribution in [0.5, 0.6) is 0 Å². The maximum atomic E-state index is 2.69. The Morgan fingerprint density at radius 3 is 1.31 bits per heavy atom. The lowest BCUT2D eigenvalue weighted by Gasteiger charge is -2.61. The summed E-state index contributed by atoms with van der Waals surface area (Å²) in [5.74, 6) is 3.23. The van der Waals surface area contributed by atoms with E-state index in [9.17, 15) is 0 Å². The lowest BCUT2D eigenvalue weighted by atomic mass is 9.43. The Morgan fingerprint density at radius 1 is 0.275 bits per heavy atom. The van der Waals surface area contributed by atoms with E-state index in [4.69, 9.17) is 0 Å². The molecule has 1 spiro atoms. The molecule has 14 aromatic rings. The van der Waals surface area contributed by atoms with E-state index in [2.05, 4.69) is 264 Å². The van der Waals surface area contributed by atoms with Gasteiger partial charge in [0.15, 0.2) is 0 Å². The highest BCUT2D eigenvalue weighted by Crippen LogP contribution is 2.69. The predicted molar refractivity (Wildman–Crippen MR) is 335 cm³/mol. The molecule has 0 N–H and O–H groups in total. The molecule has 12 aromatic carbocycles. The molecule has 2 heterocycles. The van der Waals surface area contributed by atoms with Crippen LogP contribution in [-0.2, 0) is 5.41 Å². The number of rotatable bonds is 6. The van der Waals surface area contributed by atoms with Crippen LogP contribution in [0.4, 0.5) is 0 Å². The van der Waals surface area contributed by atoms with E-state index in [0.717, 1.165) is 17.5 Å². The van der Waals surface area contributed by atoms with E-state index in [1.165, 1.54) is 159 Å². The fraction of sp³-hybridized carbons (Fsp3) is 0.128. The first kappa shape index (κ1) is 44.7. The fourth-order valence-electron chi connectivity index (χ4n) is 17.1. The van der Waals surface area contributed by atoms with Gasteiger partial charge < -0.3 is 9.13 Å². The highest BCUT2D eigenvalue weighted by Gasteiger charge is 2.61. The Morgan fingerprint density at radius 2 is 0.725 bits per heavy atom. The Labute approximate surface area is 465 Å². The summed E-state index contributed by atoms with van der Waals surface area (Å²) in [4.78, 5) is 0. The van der Waals surface area contributed by atoms with Crippen LogP contribution in [0.1, 0.15) is 43.2 Å². The van der Waals surface area contributed by atoms with Crippen molar-refractivity contribution in [3.63, 3.8) is 0 Å². The second-order valence-corrected chi connectivity index (χ2v) is 24.0. The maximum Gasteiger partial charge on any atom is 0.0619 e. The monoisotopic (exact) mass is 1020 g/mol. The van der Waals surface area contributed by atoms with Gasteiger partial charge in [-0.15, -0.1) is 0 Å². The zero-order valence-electron chi connectivity index (χ0n) is 44.5. The van der Waals surface area contributed by atoms with E-state index in [-0.39, 0.29) is 5.41 Å². The van der Waals surface area contributed by atoms with Crippen LogP contribution < -0.4 is 0 Å². The molecule has 19 rings (SSSR count). The van der Waals surface area contributed by atoms with Crippen LogP contribution in [0.15, 0.2) is 255 Å². The Bertz CT molecular complexity index is 4750. The van der Waals surface area contributed by atoms with Crippen molar-refractivity contribution in [2.24, 2.45) is 23.7 Å². The standard InChI is InChI=1S/C78H56N2/c1-3-17-50(18-4-1)55-42-56(51-19-5-2-6-20-51)44-59(43-55)79-72-29-15-12-22-62(72)64-35-31-52(46-74(64)79)53-32-36-65-63-23-13-16-30-73(63)80(75(65)47-53)77-68-26-9-7-24-66(68)76(67-25-8-10-27-69(67)77)54-33-34-61-60-21-11-14-28-70(60)78(71(61)45-54)57-38-48-37-49(40-57)41-58(78)39-48/h1-36,42-49,57-58H,37-41H2. The van der Waals surface area contributed by atoms with E-state index >= 15 is 0 Å². The summed E-state index contributed by atoms with van der Waals surface area (Å²) in [6.07, 6.45) is 6.98. The second-order valence-electron chi connectivity index (χ2n) is 24.0. The fourth-order valence-corrected chi connectivity index (χ4v) is 17.1. The molecule has 2 heteroatoms. The lowest BCUT2D eigenvalue weighted by molar-refractivity contribution is -0.0399. The van der Waals surface area contributed by atoms with Gasteiger partial charge in [-0.3, -0.25) is 0 Å². The van der Waals surface area contributed by atoms with Crippen molar-refractivity contribution in [3.05, 3.63) is 266 Å². The molecule has 0 radical (unpaired) electrons. The first-order valence-electron chi connectivity index (χ1n) is 29.2. The first-order valence-corrected chi connectivity index (χ1v) is 29.2. The van der Waals surface area contributed by atoms with Gasteiger partial charge in [0.25, 0.3) is 0 Å². The normalized spacial score (nSPS) is 19.8. The molecule has 0 aliphatic heterocycles. The van der Waals surface area contributed by atoms with E-state index in [1.807, 2.05) is 0 Å². The molecule has 2 aromatic heterocycles. The highest BCUT2D eigenvalue weighted by molar-refractivity contribution is 6.21. The Hall–Kier alpha value is -9.24. The van der Waals surface area contributed by atoms with Crippen LogP contribution in [0.25, 0.3) is 132 Å². The molecular formula is C78H56N2. The zero-order chi connectivity index (χ0) is 52.2. The van der Waals surface area contributed by atoms with Crippen LogP contribution >= 0.6 is 0 Å². The third-order valence-corrected chi connectivity index (χ3v) is 20.0. The van der Waals surface area contributed by atoms with Gasteiger partial charge in [0.1, 0.15) is 0 Å². The van der Waals surface area contributed by atoms with Gasteiger partial charge in [0.05, 0.1) is 27.8 Å². The van der Waals surface area contributed by atoms with Gasteiger partial charge in [0, 0.05) is 43.4 Å². The zero-order valence-corrected chi connectivity index (χ0v) is 44.5. The topological polar surface area (TPSA) is 9.86 Å². The number of aromatic nitrogens is 2. The predicted octanol–water partition coefficient (Wildman–Crippen LogP) is 20.6. The minimum Gasteiger partial charge on any atom is -0.309 e. The molecule has 2 nitrogen and oxygen atoms in total. The van der Waals surface area contributed by atoms with Crippen LogP contribution in [0.3, 0.4) is 0 Å². The summed E-state index contributed by atoms with van der Waals surface area (Å²) in [6.45, 7) is 0. The molecular weight excluding hydrogens is 965 g/mol. The quantitative estimate of drug-likeness (QED) is 0.147. The van der Waals surface area contributed by atoms with Crippen molar-refractivity contribution in [1.82, 2.24) is 9.13 Å². The molecule has 0 atom stereocenters. The van der Waals surface area contributed by atoms with Crippen molar-refractivity contribution in [1.29, 1.82) is 0 Å². The largest absolute Gasteiger partial charge is 0.309 e. The van der Waals surface area contributed by atoms with Crippen LogP contribution in [0.2, 0.25) is 0 Å². The summed E-state index contributed by atoms with van der Waals surface area (Å²) in [7, 11) is 0. The number of fused-ring (bicyclic) bond motifs is 11. The molecule has 0 unspecified atom stereocenters. The third-order valence-electron chi connectivity index (χ3n) is 20.0. The Balaban J connectivity index is 0.839. The molecule has 5 aliphatic carbocycles. The average molecular weight is 1020 g/mol. The minimum atomic E-state index is 0.0992. The highest BCUT2D eigenvalue weighted by atomic mass is 15.0. The minimum absolute atomic E-state index is 0.0992. The summed E-state index contributed by atoms with van der Waals surface area (Å²) in [5, 5.41) is 10.1. The number of benzene rings is 12. The van der Waals surface area contributed by atoms with Gasteiger partial charge >= 0.3 is 0 Å². The number of hydrogen-bond donors (Lipinski definition) is 0.